The Balaban J connectivity index is 1.17. The molecule has 1 fully saturated rings. The number of anilines is 1. The van der Waals surface area contributed by atoms with E-state index in [1.54, 1.807) is 23.7 Å². The number of imidazole rings is 1. The molecular weight excluding hydrogens is 412 g/mol. The molecule has 9 heteroatoms. The number of aromatic nitrogens is 4. The fourth-order valence-corrected chi connectivity index (χ4v) is 4.51. The van der Waals surface area contributed by atoms with Gasteiger partial charge in [-0.05, 0) is 36.4 Å². The average molecular weight is 435 g/mol. The zero-order valence-electron chi connectivity index (χ0n) is 17.1. The van der Waals surface area contributed by atoms with Crippen LogP contribution < -0.4 is 9.64 Å². The first-order chi connectivity index (χ1) is 15.2. The maximum Gasteiger partial charge on any atom is 0.253 e. The Hall–Kier alpha value is -3.46. The summed E-state index contributed by atoms with van der Waals surface area (Å²) in [5.74, 6) is 1.61. The lowest BCUT2D eigenvalue weighted by molar-refractivity contribution is 0.0746. The van der Waals surface area contributed by atoms with E-state index in [4.69, 9.17) is 4.74 Å². The third-order valence-corrected chi connectivity index (χ3v) is 6.42. The lowest BCUT2D eigenvalue weighted by Crippen LogP contribution is -2.48. The van der Waals surface area contributed by atoms with Gasteiger partial charge in [0.25, 0.3) is 5.91 Å². The Labute approximate surface area is 183 Å². The molecule has 0 atom stereocenters. The quantitative estimate of drug-likeness (QED) is 0.481. The molecule has 3 aromatic heterocycles. The van der Waals surface area contributed by atoms with Crippen LogP contribution in [0.4, 0.5) is 5.13 Å². The molecule has 31 heavy (non-hydrogen) atoms. The first-order valence-electron chi connectivity index (χ1n) is 10.1. The van der Waals surface area contributed by atoms with E-state index >= 15 is 0 Å². The van der Waals surface area contributed by atoms with Crippen LogP contribution in [0.25, 0.3) is 10.3 Å². The van der Waals surface area contributed by atoms with Crippen LogP contribution in [0.3, 0.4) is 0 Å². The van der Waals surface area contributed by atoms with Gasteiger partial charge in [0.1, 0.15) is 28.5 Å². The molecule has 1 aliphatic rings. The van der Waals surface area contributed by atoms with Gasteiger partial charge in [-0.3, -0.25) is 4.79 Å². The Kier molecular flexibility index (Phi) is 5.25. The number of carbonyl (C=O) groups is 1. The van der Waals surface area contributed by atoms with E-state index in [0.717, 1.165) is 34.4 Å². The summed E-state index contributed by atoms with van der Waals surface area (Å²) >= 11 is 1.60. The van der Waals surface area contributed by atoms with Crippen molar-refractivity contribution >= 4 is 32.7 Å². The number of hydrogen-bond acceptors (Lipinski definition) is 7. The molecule has 0 radical (unpaired) electrons. The van der Waals surface area contributed by atoms with Crippen molar-refractivity contribution in [1.29, 1.82) is 0 Å². The maximum absolute atomic E-state index is 12.9. The van der Waals surface area contributed by atoms with Crippen molar-refractivity contribution in [2.45, 2.75) is 6.61 Å². The molecule has 5 rings (SSSR count). The number of rotatable bonds is 5. The summed E-state index contributed by atoms with van der Waals surface area (Å²) in [7, 11) is 1.93. The van der Waals surface area contributed by atoms with E-state index in [0.29, 0.717) is 31.0 Å². The van der Waals surface area contributed by atoms with Gasteiger partial charge in [-0.15, -0.1) is 0 Å². The molecule has 4 aromatic rings. The summed E-state index contributed by atoms with van der Waals surface area (Å²) in [6.45, 7) is 3.24. The molecule has 0 spiro atoms. The van der Waals surface area contributed by atoms with Crippen molar-refractivity contribution in [3.05, 3.63) is 66.4 Å². The highest BCUT2D eigenvalue weighted by Gasteiger charge is 2.24. The average Bonchev–Trinajstić information content (AvgIpc) is 3.43. The second kappa shape index (κ2) is 8.35. The largest absolute Gasteiger partial charge is 0.486 e. The van der Waals surface area contributed by atoms with Gasteiger partial charge in [0, 0.05) is 57.4 Å². The summed E-state index contributed by atoms with van der Waals surface area (Å²) in [5.41, 5.74) is 1.59. The predicted octanol–water partition coefficient (Wildman–Crippen LogP) is 2.97. The number of aryl methyl sites for hydroxylation is 1. The number of thiazole rings is 1. The van der Waals surface area contributed by atoms with E-state index < -0.39 is 0 Å². The summed E-state index contributed by atoms with van der Waals surface area (Å²) in [6, 6.07) is 11.2. The fraction of sp³-hybridized carbons (Fsp3) is 0.273. The molecule has 0 aliphatic carbocycles. The minimum Gasteiger partial charge on any atom is -0.486 e. The Morgan fingerprint density at radius 1 is 1.06 bits per heavy atom. The van der Waals surface area contributed by atoms with Crippen LogP contribution in [-0.2, 0) is 13.7 Å². The highest BCUT2D eigenvalue weighted by Crippen LogP contribution is 2.28. The smallest absolute Gasteiger partial charge is 0.253 e. The number of ether oxygens (including phenoxy) is 1. The van der Waals surface area contributed by atoms with Crippen molar-refractivity contribution in [2.24, 2.45) is 7.05 Å². The number of fused-ring (bicyclic) bond motifs is 1. The zero-order valence-corrected chi connectivity index (χ0v) is 18.0. The Morgan fingerprint density at radius 2 is 1.87 bits per heavy atom. The lowest BCUT2D eigenvalue weighted by Gasteiger charge is -2.34. The Morgan fingerprint density at radius 3 is 2.58 bits per heavy atom. The van der Waals surface area contributed by atoms with Gasteiger partial charge in [0.05, 0.1) is 0 Å². The maximum atomic E-state index is 12.9. The molecule has 1 amide bonds. The van der Waals surface area contributed by atoms with Crippen LogP contribution in [0, 0.1) is 0 Å². The van der Waals surface area contributed by atoms with Crippen molar-refractivity contribution < 1.29 is 9.53 Å². The van der Waals surface area contributed by atoms with Gasteiger partial charge in [-0.2, -0.15) is 0 Å². The van der Waals surface area contributed by atoms with E-state index in [9.17, 15) is 4.79 Å². The van der Waals surface area contributed by atoms with E-state index in [1.807, 2.05) is 59.1 Å². The van der Waals surface area contributed by atoms with Crippen molar-refractivity contribution in [3.8, 4) is 5.75 Å². The fourth-order valence-electron chi connectivity index (χ4n) is 3.55. The second-order valence-electron chi connectivity index (χ2n) is 7.37. The van der Waals surface area contributed by atoms with Gasteiger partial charge >= 0.3 is 0 Å². The molecule has 1 saturated heterocycles. The Bertz CT molecular complexity index is 1160. The minimum atomic E-state index is 0.0428. The standard InChI is InChI=1S/C22H22N6O2S/c1-26-10-9-23-19(26)15-30-17-6-4-16(5-7-17)21(29)27-11-13-28(14-12-27)22-25-18-3-2-8-24-20(18)31-22/h2-10H,11-15H2,1H3. The molecule has 1 aromatic carbocycles. The highest BCUT2D eigenvalue weighted by atomic mass is 32.1. The number of pyridine rings is 1. The molecule has 158 valence electrons. The summed E-state index contributed by atoms with van der Waals surface area (Å²) in [6.07, 6.45) is 5.41. The van der Waals surface area contributed by atoms with E-state index in [2.05, 4.69) is 19.9 Å². The number of piperazine rings is 1. The van der Waals surface area contributed by atoms with Crippen LogP contribution in [0.2, 0.25) is 0 Å². The zero-order chi connectivity index (χ0) is 21.2. The molecule has 1 aliphatic heterocycles. The van der Waals surface area contributed by atoms with E-state index in [1.165, 1.54) is 0 Å². The lowest BCUT2D eigenvalue weighted by atomic mass is 10.1. The normalized spacial score (nSPS) is 14.2. The molecule has 0 N–H and O–H groups in total. The number of benzene rings is 1. The second-order valence-corrected chi connectivity index (χ2v) is 8.33. The molecule has 4 heterocycles. The number of carbonyl (C=O) groups excluding carboxylic acids is 1. The highest BCUT2D eigenvalue weighted by molar-refractivity contribution is 7.21. The topological polar surface area (TPSA) is 76.4 Å². The van der Waals surface area contributed by atoms with Crippen LogP contribution in [0.1, 0.15) is 16.2 Å². The summed E-state index contributed by atoms with van der Waals surface area (Å²) in [4.78, 5) is 31.3. The molecule has 0 unspecified atom stereocenters. The van der Waals surface area contributed by atoms with Gasteiger partial charge in [-0.1, -0.05) is 11.3 Å². The van der Waals surface area contributed by atoms with Crippen LogP contribution in [-0.4, -0.2) is 56.5 Å². The van der Waals surface area contributed by atoms with Crippen molar-refractivity contribution in [2.75, 3.05) is 31.1 Å². The molecular formula is C22H22N6O2S. The third kappa shape index (κ3) is 4.09. The third-order valence-electron chi connectivity index (χ3n) is 5.38. The summed E-state index contributed by atoms with van der Waals surface area (Å²) < 4.78 is 7.69. The monoisotopic (exact) mass is 434 g/mol. The van der Waals surface area contributed by atoms with Gasteiger partial charge < -0.3 is 19.1 Å². The van der Waals surface area contributed by atoms with Crippen LogP contribution >= 0.6 is 11.3 Å². The van der Waals surface area contributed by atoms with Gasteiger partial charge in [-0.25, -0.2) is 15.0 Å². The SMILES string of the molecule is Cn1ccnc1COc1ccc(C(=O)N2CCN(c3nc4cccnc4s3)CC2)cc1. The molecule has 0 saturated carbocycles. The van der Waals surface area contributed by atoms with Gasteiger partial charge in [0.15, 0.2) is 5.13 Å². The first-order valence-corrected chi connectivity index (χ1v) is 10.9. The first kappa shape index (κ1) is 19.5. The van der Waals surface area contributed by atoms with Crippen LogP contribution in [0.5, 0.6) is 5.75 Å². The minimum absolute atomic E-state index is 0.0428. The number of nitrogens with zero attached hydrogens (tertiary/aromatic N) is 6. The molecule has 0 bridgehead atoms. The summed E-state index contributed by atoms with van der Waals surface area (Å²) in [5, 5.41) is 0.968. The van der Waals surface area contributed by atoms with Crippen molar-refractivity contribution in [1.82, 2.24) is 24.4 Å². The number of hydrogen-bond donors (Lipinski definition) is 0. The predicted molar refractivity (Wildman–Crippen MR) is 120 cm³/mol. The van der Waals surface area contributed by atoms with Crippen molar-refractivity contribution in [3.63, 3.8) is 0 Å². The molecule has 8 nitrogen and oxygen atoms in total. The van der Waals surface area contributed by atoms with E-state index in [-0.39, 0.29) is 5.91 Å². The number of amides is 1. The van der Waals surface area contributed by atoms with Gasteiger partial charge in [0.2, 0.25) is 0 Å². The van der Waals surface area contributed by atoms with Crippen LogP contribution in [0.15, 0.2) is 55.0 Å².